The number of hydrogen-bond acceptors (Lipinski definition) is 6. The van der Waals surface area contributed by atoms with Crippen LogP contribution in [0.2, 0.25) is 0 Å². The van der Waals surface area contributed by atoms with Gasteiger partial charge in [0.05, 0.1) is 17.7 Å². The number of ether oxygens (including phenoxy) is 1. The quantitative estimate of drug-likeness (QED) is 0.357. The number of carbonyl (C=O) groups excluding carboxylic acids is 1. The monoisotopic (exact) mass is 400 g/mol. The van der Waals surface area contributed by atoms with Crippen molar-refractivity contribution in [1.29, 1.82) is 0 Å². The van der Waals surface area contributed by atoms with Crippen molar-refractivity contribution in [2.75, 3.05) is 18.0 Å². The largest absolute Gasteiger partial charge is 0.468 e. The zero-order valence-corrected chi connectivity index (χ0v) is 15.6. The molecule has 0 unspecified atom stereocenters. The zero-order chi connectivity index (χ0) is 20.3. The van der Waals surface area contributed by atoms with Gasteiger partial charge in [0.2, 0.25) is 0 Å². The van der Waals surface area contributed by atoms with E-state index < -0.39 is 38.0 Å². The second-order valence-corrected chi connectivity index (χ2v) is 7.64. The maximum Gasteiger partial charge on any atom is 0.326 e. The molecule has 0 heterocycles. The van der Waals surface area contributed by atoms with E-state index in [4.69, 9.17) is 0 Å². The molecule has 3 rings (SSSR count). The molecule has 0 saturated heterocycles. The number of para-hydroxylation sites is 1. The number of nitrogens with zero attached hydrogens (tertiary/aromatic N) is 2. The predicted molar refractivity (Wildman–Crippen MR) is 104 cm³/mol. The number of hydrogen-bond donors (Lipinski definition) is 0. The molecular formula is C19H16N2O6S. The highest BCUT2D eigenvalue weighted by atomic mass is 32.2. The van der Waals surface area contributed by atoms with Gasteiger partial charge in [0.1, 0.15) is 6.54 Å². The molecule has 3 aromatic carbocycles. The second kappa shape index (κ2) is 7.65. The van der Waals surface area contributed by atoms with Gasteiger partial charge in [-0.15, -0.1) is 0 Å². The highest BCUT2D eigenvalue weighted by Gasteiger charge is 2.34. The lowest BCUT2D eigenvalue weighted by Crippen LogP contribution is -2.36. The Morgan fingerprint density at radius 3 is 2.39 bits per heavy atom. The molecule has 8 nitrogen and oxygen atoms in total. The van der Waals surface area contributed by atoms with Crippen molar-refractivity contribution in [1.82, 2.24) is 0 Å². The fraction of sp³-hybridized carbons (Fsp3) is 0.105. The van der Waals surface area contributed by atoms with Gasteiger partial charge < -0.3 is 4.74 Å². The standard InChI is InChI=1S/C19H16N2O6S/c1-27-19(22)13-20(16-11-6-8-14-7-2-3-9-15(14)16)28(25,26)18-12-5-4-10-17(18)21(23)24/h2-12H,13H2,1H3. The third kappa shape index (κ3) is 3.52. The smallest absolute Gasteiger partial charge is 0.326 e. The Labute approximate surface area is 161 Å². The fourth-order valence-corrected chi connectivity index (χ4v) is 4.44. The summed E-state index contributed by atoms with van der Waals surface area (Å²) in [6, 6.07) is 17.0. The number of esters is 1. The topological polar surface area (TPSA) is 107 Å². The minimum absolute atomic E-state index is 0.224. The van der Waals surface area contributed by atoms with Gasteiger partial charge in [0.25, 0.3) is 15.7 Å². The molecule has 0 aliphatic heterocycles. The third-order valence-corrected chi connectivity index (χ3v) is 5.97. The van der Waals surface area contributed by atoms with Gasteiger partial charge >= 0.3 is 5.97 Å². The average molecular weight is 400 g/mol. The number of anilines is 1. The number of fused-ring (bicyclic) bond motifs is 1. The van der Waals surface area contributed by atoms with Crippen LogP contribution in [0.1, 0.15) is 0 Å². The number of carbonyl (C=O) groups is 1. The van der Waals surface area contributed by atoms with E-state index in [1.807, 2.05) is 0 Å². The summed E-state index contributed by atoms with van der Waals surface area (Å²) in [6.07, 6.45) is 0. The first-order valence-electron chi connectivity index (χ1n) is 8.17. The summed E-state index contributed by atoms with van der Waals surface area (Å²) in [5, 5.41) is 12.7. The molecule has 0 spiro atoms. The minimum atomic E-state index is -4.44. The van der Waals surface area contributed by atoms with Crippen molar-refractivity contribution < 1.29 is 22.9 Å². The van der Waals surface area contributed by atoms with Crippen molar-refractivity contribution in [3.63, 3.8) is 0 Å². The number of sulfonamides is 1. The van der Waals surface area contributed by atoms with E-state index in [1.165, 1.54) is 18.2 Å². The second-order valence-electron chi connectivity index (χ2n) is 5.81. The molecule has 0 aliphatic carbocycles. The number of rotatable bonds is 6. The zero-order valence-electron chi connectivity index (χ0n) is 14.8. The Morgan fingerprint density at radius 2 is 1.68 bits per heavy atom. The van der Waals surface area contributed by atoms with Crippen LogP contribution in [-0.4, -0.2) is 33.0 Å². The molecule has 0 amide bonds. The summed E-state index contributed by atoms with van der Waals surface area (Å²) in [4.78, 5) is 22.0. The van der Waals surface area contributed by atoms with Crippen LogP contribution in [0.3, 0.4) is 0 Å². The van der Waals surface area contributed by atoms with E-state index in [9.17, 15) is 23.3 Å². The van der Waals surface area contributed by atoms with Crippen LogP contribution >= 0.6 is 0 Å². The highest BCUT2D eigenvalue weighted by molar-refractivity contribution is 7.93. The van der Waals surface area contributed by atoms with Gasteiger partial charge in [0, 0.05) is 11.5 Å². The van der Waals surface area contributed by atoms with E-state index in [1.54, 1.807) is 36.4 Å². The lowest BCUT2D eigenvalue weighted by Gasteiger charge is -2.24. The first kappa shape index (κ1) is 19.3. The van der Waals surface area contributed by atoms with Gasteiger partial charge in [-0.05, 0) is 17.5 Å². The van der Waals surface area contributed by atoms with Crippen LogP contribution in [0.15, 0.2) is 71.6 Å². The molecule has 0 atom stereocenters. The summed E-state index contributed by atoms with van der Waals surface area (Å²) < 4.78 is 32.2. The van der Waals surface area contributed by atoms with Crippen molar-refractivity contribution in [2.45, 2.75) is 4.90 Å². The SMILES string of the molecule is COC(=O)CN(c1cccc2ccccc12)S(=O)(=O)c1ccccc1[N+](=O)[O-]. The Morgan fingerprint density at radius 1 is 1.04 bits per heavy atom. The van der Waals surface area contributed by atoms with E-state index in [0.717, 1.165) is 28.9 Å². The van der Waals surface area contributed by atoms with Crippen LogP contribution < -0.4 is 4.31 Å². The van der Waals surface area contributed by atoms with Gasteiger partial charge in [-0.3, -0.25) is 19.2 Å². The van der Waals surface area contributed by atoms with E-state index in [0.29, 0.717) is 5.39 Å². The number of nitro benzene ring substituents is 1. The molecular weight excluding hydrogens is 384 g/mol. The van der Waals surface area contributed by atoms with Gasteiger partial charge in [-0.2, -0.15) is 0 Å². The number of methoxy groups -OCH3 is 1. The van der Waals surface area contributed by atoms with Crippen LogP contribution in [0.5, 0.6) is 0 Å². The van der Waals surface area contributed by atoms with Gasteiger partial charge in [0.15, 0.2) is 4.90 Å². The molecule has 0 fully saturated rings. The fourth-order valence-electron chi connectivity index (χ4n) is 2.85. The summed E-state index contributed by atoms with van der Waals surface area (Å²) in [7, 11) is -3.30. The molecule has 0 saturated carbocycles. The molecule has 144 valence electrons. The summed E-state index contributed by atoms with van der Waals surface area (Å²) in [6.45, 7) is -0.626. The van der Waals surface area contributed by atoms with Crippen LogP contribution in [-0.2, 0) is 19.6 Å². The first-order chi connectivity index (χ1) is 13.4. The Hall–Kier alpha value is -3.46. The average Bonchev–Trinajstić information content (AvgIpc) is 2.71. The number of nitro groups is 1. The van der Waals surface area contributed by atoms with Crippen molar-refractivity contribution in [3.8, 4) is 0 Å². The van der Waals surface area contributed by atoms with Crippen LogP contribution in [0.4, 0.5) is 11.4 Å². The van der Waals surface area contributed by atoms with Crippen molar-refractivity contribution in [3.05, 3.63) is 76.8 Å². The minimum Gasteiger partial charge on any atom is -0.468 e. The van der Waals surface area contributed by atoms with E-state index >= 15 is 0 Å². The number of benzene rings is 3. The maximum atomic E-state index is 13.4. The molecule has 28 heavy (non-hydrogen) atoms. The molecule has 3 aromatic rings. The van der Waals surface area contributed by atoms with Gasteiger partial charge in [-0.1, -0.05) is 48.5 Å². The highest BCUT2D eigenvalue weighted by Crippen LogP contribution is 2.33. The lowest BCUT2D eigenvalue weighted by molar-refractivity contribution is -0.387. The molecule has 9 heteroatoms. The molecule has 0 N–H and O–H groups in total. The Balaban J connectivity index is 2.26. The molecule has 0 radical (unpaired) electrons. The summed E-state index contributed by atoms with van der Waals surface area (Å²) in [5.41, 5.74) is -0.348. The first-order valence-corrected chi connectivity index (χ1v) is 9.61. The molecule has 0 aromatic heterocycles. The molecule has 0 bridgehead atoms. The normalized spacial score (nSPS) is 11.2. The van der Waals surface area contributed by atoms with Crippen molar-refractivity contribution >= 4 is 38.1 Å². The van der Waals surface area contributed by atoms with E-state index in [-0.39, 0.29) is 5.69 Å². The Kier molecular flexibility index (Phi) is 5.27. The maximum absolute atomic E-state index is 13.4. The van der Waals surface area contributed by atoms with Crippen LogP contribution in [0.25, 0.3) is 10.8 Å². The van der Waals surface area contributed by atoms with Crippen LogP contribution in [0, 0.1) is 10.1 Å². The predicted octanol–water partition coefficient (Wildman–Crippen LogP) is 3.12. The van der Waals surface area contributed by atoms with Crippen molar-refractivity contribution in [2.24, 2.45) is 0 Å². The van der Waals surface area contributed by atoms with E-state index in [2.05, 4.69) is 4.74 Å². The molecule has 0 aliphatic rings. The van der Waals surface area contributed by atoms with Gasteiger partial charge in [-0.25, -0.2) is 8.42 Å². The summed E-state index contributed by atoms with van der Waals surface area (Å²) >= 11 is 0. The third-order valence-electron chi connectivity index (χ3n) is 4.17. The lowest BCUT2D eigenvalue weighted by atomic mass is 10.1. The summed E-state index contributed by atoms with van der Waals surface area (Å²) in [5.74, 6) is -0.796. The Bertz CT molecular complexity index is 1150.